The fourth-order valence-corrected chi connectivity index (χ4v) is 5.05. The Bertz CT molecular complexity index is 1740. The molecule has 0 aliphatic carbocycles. The summed E-state index contributed by atoms with van der Waals surface area (Å²) < 4.78 is 29.6. The van der Waals surface area contributed by atoms with Crippen LogP contribution >= 0.6 is 0 Å². The van der Waals surface area contributed by atoms with Gasteiger partial charge in [-0.05, 0) is 83.1 Å². The summed E-state index contributed by atoms with van der Waals surface area (Å²) in [5.41, 5.74) is 2.89. The maximum atomic E-state index is 13.5. The molecular weight excluding hydrogens is 600 g/mol. The highest BCUT2D eigenvalue weighted by Crippen LogP contribution is 2.39. The number of rotatable bonds is 9. The van der Waals surface area contributed by atoms with Crippen molar-refractivity contribution in [2.24, 2.45) is 0 Å². The van der Waals surface area contributed by atoms with Gasteiger partial charge in [0.15, 0.2) is 6.10 Å². The summed E-state index contributed by atoms with van der Waals surface area (Å²) in [6, 6.07) is 26.9. The monoisotopic (exact) mass is 636 g/mol. The van der Waals surface area contributed by atoms with Crippen LogP contribution in [0.2, 0.25) is 0 Å². The van der Waals surface area contributed by atoms with Crippen LogP contribution in [0.25, 0.3) is 0 Å². The second-order valence-electron chi connectivity index (χ2n) is 11.9. The molecule has 0 amide bonds. The van der Waals surface area contributed by atoms with E-state index in [4.69, 9.17) is 23.7 Å². The molecule has 0 N–H and O–H groups in total. The van der Waals surface area contributed by atoms with Crippen LogP contribution < -0.4 is 0 Å². The Morgan fingerprint density at radius 1 is 0.553 bits per heavy atom. The summed E-state index contributed by atoms with van der Waals surface area (Å²) in [5, 5.41) is 0. The van der Waals surface area contributed by atoms with Crippen LogP contribution in [0.3, 0.4) is 0 Å². The summed E-state index contributed by atoms with van der Waals surface area (Å²) in [5.74, 6) is -2.90. The molecule has 9 heteroatoms. The lowest BCUT2D eigenvalue weighted by atomic mass is 9.96. The SMILES string of the molecule is Cc1ccc(C(=O)OCC2OC(OC(=O)c3ccc(C)cc3)[C@](C)(OC(=O)c3ccc(C)cc3)[C@@H]2OC(=O)c2ccc(C)cc2)cc1. The molecule has 1 heterocycles. The van der Waals surface area contributed by atoms with E-state index in [1.165, 1.54) is 6.92 Å². The Kier molecular flexibility index (Phi) is 9.86. The van der Waals surface area contributed by atoms with Crippen molar-refractivity contribution in [3.8, 4) is 0 Å². The van der Waals surface area contributed by atoms with E-state index in [1.807, 2.05) is 27.7 Å². The average Bonchev–Trinajstić information content (AvgIpc) is 3.30. The van der Waals surface area contributed by atoms with Crippen LogP contribution in [0.15, 0.2) is 97.1 Å². The van der Waals surface area contributed by atoms with E-state index >= 15 is 0 Å². The zero-order chi connectivity index (χ0) is 33.7. The Labute approximate surface area is 273 Å². The van der Waals surface area contributed by atoms with E-state index in [-0.39, 0.29) is 16.7 Å². The Hall–Kier alpha value is -5.28. The molecule has 1 aliphatic heterocycles. The zero-order valence-electron chi connectivity index (χ0n) is 26.9. The molecule has 0 saturated carbocycles. The normalized spacial score (nSPS) is 20.2. The second-order valence-corrected chi connectivity index (χ2v) is 11.9. The van der Waals surface area contributed by atoms with Crippen molar-refractivity contribution < 1.29 is 42.9 Å². The van der Waals surface area contributed by atoms with Gasteiger partial charge in [-0.25, -0.2) is 19.2 Å². The summed E-state index contributed by atoms with van der Waals surface area (Å²) >= 11 is 0. The van der Waals surface area contributed by atoms with Crippen molar-refractivity contribution in [2.45, 2.75) is 58.7 Å². The number of carbonyl (C=O) groups excluding carboxylic acids is 4. The minimum atomic E-state index is -1.87. The van der Waals surface area contributed by atoms with E-state index in [2.05, 4.69) is 0 Å². The van der Waals surface area contributed by atoms with Crippen molar-refractivity contribution in [3.05, 3.63) is 142 Å². The van der Waals surface area contributed by atoms with Crippen LogP contribution in [-0.4, -0.2) is 54.6 Å². The highest BCUT2D eigenvalue weighted by atomic mass is 16.8. The van der Waals surface area contributed by atoms with Crippen LogP contribution in [0.4, 0.5) is 0 Å². The van der Waals surface area contributed by atoms with Gasteiger partial charge in [-0.15, -0.1) is 0 Å². The predicted octanol–water partition coefficient (Wildman–Crippen LogP) is 6.50. The number of carbonyl (C=O) groups is 4. The predicted molar refractivity (Wildman–Crippen MR) is 172 cm³/mol. The molecule has 9 nitrogen and oxygen atoms in total. The first-order valence-electron chi connectivity index (χ1n) is 15.2. The van der Waals surface area contributed by atoms with Crippen LogP contribution in [0, 0.1) is 27.7 Å². The fourth-order valence-electron chi connectivity index (χ4n) is 5.05. The van der Waals surface area contributed by atoms with Crippen molar-refractivity contribution in [2.75, 3.05) is 6.61 Å². The number of aryl methyl sites for hydroxylation is 4. The molecule has 4 atom stereocenters. The Morgan fingerprint density at radius 3 is 1.34 bits per heavy atom. The van der Waals surface area contributed by atoms with Crippen molar-refractivity contribution in [3.63, 3.8) is 0 Å². The molecule has 5 rings (SSSR count). The van der Waals surface area contributed by atoms with Crippen molar-refractivity contribution in [1.29, 1.82) is 0 Å². The minimum absolute atomic E-state index is 0.221. The van der Waals surface area contributed by atoms with Gasteiger partial charge < -0.3 is 23.7 Å². The molecule has 4 aromatic carbocycles. The highest BCUT2D eigenvalue weighted by Gasteiger charge is 2.61. The molecule has 242 valence electrons. The van der Waals surface area contributed by atoms with Crippen molar-refractivity contribution >= 4 is 23.9 Å². The van der Waals surface area contributed by atoms with E-state index in [1.54, 1.807) is 97.1 Å². The third-order valence-electron chi connectivity index (χ3n) is 7.96. The average molecular weight is 637 g/mol. The number of hydrogen-bond donors (Lipinski definition) is 0. The number of benzene rings is 4. The highest BCUT2D eigenvalue weighted by molar-refractivity contribution is 5.92. The Morgan fingerprint density at radius 2 is 0.915 bits per heavy atom. The molecule has 0 radical (unpaired) electrons. The van der Waals surface area contributed by atoms with Gasteiger partial charge in [-0.3, -0.25) is 0 Å². The zero-order valence-corrected chi connectivity index (χ0v) is 26.9. The molecule has 1 saturated heterocycles. The van der Waals surface area contributed by atoms with E-state index < -0.39 is 54.6 Å². The quantitative estimate of drug-likeness (QED) is 0.150. The number of hydrogen-bond acceptors (Lipinski definition) is 9. The van der Waals surface area contributed by atoms with Crippen LogP contribution in [-0.2, 0) is 23.7 Å². The van der Waals surface area contributed by atoms with Gasteiger partial charge in [0.1, 0.15) is 12.7 Å². The van der Waals surface area contributed by atoms with Crippen LogP contribution in [0.1, 0.15) is 70.6 Å². The fraction of sp³-hybridized carbons (Fsp3) is 0.263. The molecule has 0 bridgehead atoms. The van der Waals surface area contributed by atoms with E-state index in [0.717, 1.165) is 22.3 Å². The third kappa shape index (κ3) is 7.76. The number of ether oxygens (including phenoxy) is 5. The summed E-state index contributed by atoms with van der Waals surface area (Å²) in [6.45, 7) is 8.59. The van der Waals surface area contributed by atoms with Gasteiger partial charge in [0.05, 0.1) is 22.3 Å². The molecule has 0 aromatic heterocycles. The first-order valence-corrected chi connectivity index (χ1v) is 15.2. The van der Waals surface area contributed by atoms with Crippen molar-refractivity contribution in [1.82, 2.24) is 0 Å². The van der Waals surface area contributed by atoms with Gasteiger partial charge >= 0.3 is 23.9 Å². The van der Waals surface area contributed by atoms with Gasteiger partial charge in [0.25, 0.3) is 0 Å². The maximum absolute atomic E-state index is 13.5. The van der Waals surface area contributed by atoms with E-state index in [0.29, 0.717) is 5.56 Å². The summed E-state index contributed by atoms with van der Waals surface area (Å²) in [4.78, 5) is 53.3. The second kappa shape index (κ2) is 14.0. The lowest BCUT2D eigenvalue weighted by Crippen LogP contribution is -2.53. The smallest absolute Gasteiger partial charge is 0.340 e. The Balaban J connectivity index is 1.49. The van der Waals surface area contributed by atoms with Gasteiger partial charge in [0.2, 0.25) is 11.9 Å². The molecule has 1 aliphatic rings. The summed E-state index contributed by atoms with van der Waals surface area (Å²) in [6.07, 6.45) is -4.11. The molecule has 1 fully saturated rings. The first kappa shape index (κ1) is 33.1. The lowest BCUT2D eigenvalue weighted by molar-refractivity contribution is -0.175. The largest absolute Gasteiger partial charge is 0.459 e. The van der Waals surface area contributed by atoms with Gasteiger partial charge in [-0.1, -0.05) is 70.8 Å². The standard InChI is InChI=1S/C38H36O9/c1-23-6-14-27(15-7-23)33(39)43-22-31-32(45-34(40)28-16-8-24(2)9-17-28)38(5,47-36(42)30-20-12-26(4)13-21-30)37(44-31)46-35(41)29-18-10-25(3)11-19-29/h6-21,31-32,37H,22H2,1-5H3/t31?,32-,37?,38-/m1/s1. The van der Waals surface area contributed by atoms with Crippen LogP contribution in [0.5, 0.6) is 0 Å². The van der Waals surface area contributed by atoms with E-state index in [9.17, 15) is 19.2 Å². The number of esters is 4. The third-order valence-corrected chi connectivity index (χ3v) is 7.96. The molecule has 2 unspecified atom stereocenters. The molecule has 4 aromatic rings. The first-order chi connectivity index (χ1) is 22.4. The van der Waals surface area contributed by atoms with Gasteiger partial charge in [-0.2, -0.15) is 0 Å². The lowest BCUT2D eigenvalue weighted by Gasteiger charge is -2.33. The molecular formula is C38H36O9. The van der Waals surface area contributed by atoms with Gasteiger partial charge in [0, 0.05) is 0 Å². The minimum Gasteiger partial charge on any atom is -0.459 e. The maximum Gasteiger partial charge on any atom is 0.340 e. The molecule has 0 spiro atoms. The summed E-state index contributed by atoms with van der Waals surface area (Å²) in [7, 11) is 0. The molecule has 47 heavy (non-hydrogen) atoms. The topological polar surface area (TPSA) is 114 Å².